The van der Waals surface area contributed by atoms with Crippen molar-refractivity contribution in [3.8, 4) is 0 Å². The highest BCUT2D eigenvalue weighted by atomic mass is 35.5. The van der Waals surface area contributed by atoms with E-state index in [4.69, 9.17) is 11.6 Å². The van der Waals surface area contributed by atoms with Crippen LogP contribution in [0.2, 0.25) is 5.02 Å². The number of hydrogen-bond acceptors (Lipinski definition) is 5. The van der Waals surface area contributed by atoms with Gasteiger partial charge in [0.1, 0.15) is 0 Å². The summed E-state index contributed by atoms with van der Waals surface area (Å²) in [6, 6.07) is 7.10. The molecule has 0 radical (unpaired) electrons. The molecule has 2 aromatic heterocycles. The average Bonchev–Trinajstić information content (AvgIpc) is 2.54. The van der Waals surface area contributed by atoms with E-state index in [-0.39, 0.29) is 17.3 Å². The number of halogens is 1. The smallest absolute Gasteiger partial charge is 0.262 e. The van der Waals surface area contributed by atoms with Crippen molar-refractivity contribution in [3.63, 3.8) is 0 Å². The Balaban J connectivity index is 1.82. The van der Waals surface area contributed by atoms with Crippen LogP contribution < -0.4 is 10.9 Å². The molecule has 0 saturated heterocycles. The lowest BCUT2D eigenvalue weighted by Crippen LogP contribution is -2.19. The highest BCUT2D eigenvalue weighted by molar-refractivity contribution is 6.30. The first-order valence-electron chi connectivity index (χ1n) is 7.59. The number of fused-ring (bicyclic) bond motifs is 3. The minimum Gasteiger partial charge on any atom is -0.326 e. The number of nitrogens with one attached hydrogen (secondary N) is 2. The van der Waals surface area contributed by atoms with Crippen LogP contribution in [0.1, 0.15) is 28.8 Å². The first-order chi connectivity index (χ1) is 11.6. The molecule has 7 heteroatoms. The molecule has 2 heterocycles. The molecule has 6 nitrogen and oxygen atoms in total. The van der Waals surface area contributed by atoms with Crippen LogP contribution in [0.15, 0.2) is 35.3 Å². The Morgan fingerprint density at radius 1 is 1.21 bits per heavy atom. The summed E-state index contributed by atoms with van der Waals surface area (Å²) in [6.45, 7) is 0. The van der Waals surface area contributed by atoms with Crippen LogP contribution >= 0.6 is 11.6 Å². The monoisotopic (exact) mass is 340 g/mol. The van der Waals surface area contributed by atoms with E-state index in [1.54, 1.807) is 18.2 Å². The number of carbonyl (C=O) groups is 1. The maximum Gasteiger partial charge on any atom is 0.262 e. The number of Topliss-reactive ketones (excluding diaryl/α,β-unsaturated/α-hetero) is 1. The molecule has 0 atom stereocenters. The first-order valence-corrected chi connectivity index (χ1v) is 7.97. The summed E-state index contributed by atoms with van der Waals surface area (Å²) in [5, 5.41) is 3.99. The molecule has 0 saturated carbocycles. The Kier molecular flexibility index (Phi) is 3.54. The number of nitrogens with zero attached hydrogens (tertiary/aromatic N) is 2. The van der Waals surface area contributed by atoms with Gasteiger partial charge >= 0.3 is 0 Å². The molecule has 0 spiro atoms. The Morgan fingerprint density at radius 2 is 2.08 bits per heavy atom. The molecule has 2 N–H and O–H groups in total. The largest absolute Gasteiger partial charge is 0.326 e. The van der Waals surface area contributed by atoms with Gasteiger partial charge in [0.25, 0.3) is 5.56 Å². The predicted octanol–water partition coefficient (Wildman–Crippen LogP) is 3.23. The summed E-state index contributed by atoms with van der Waals surface area (Å²) in [5.41, 5.74) is 2.02. The Labute approximate surface area is 141 Å². The minimum absolute atomic E-state index is 0.0335. The van der Waals surface area contributed by atoms with Gasteiger partial charge in [-0.25, -0.2) is 4.98 Å². The molecule has 0 bridgehead atoms. The van der Waals surface area contributed by atoms with Gasteiger partial charge < -0.3 is 5.32 Å². The second-order valence-corrected chi connectivity index (χ2v) is 6.11. The number of ketones is 1. The lowest BCUT2D eigenvalue weighted by molar-refractivity contribution is 0.0972. The number of rotatable bonds is 2. The van der Waals surface area contributed by atoms with Gasteiger partial charge in [-0.3, -0.25) is 14.6 Å². The second kappa shape index (κ2) is 5.72. The molecule has 0 unspecified atom stereocenters. The van der Waals surface area contributed by atoms with Crippen molar-refractivity contribution in [2.45, 2.75) is 19.3 Å². The van der Waals surface area contributed by atoms with Crippen LogP contribution in [-0.2, 0) is 6.42 Å². The molecule has 1 aromatic carbocycles. The highest BCUT2D eigenvalue weighted by Gasteiger charge is 2.22. The number of aromatic amines is 1. The maximum absolute atomic E-state index is 12.5. The number of anilines is 2. The number of benzene rings is 1. The summed E-state index contributed by atoms with van der Waals surface area (Å²) in [5.74, 6) is 0.315. The quantitative estimate of drug-likeness (QED) is 0.747. The predicted molar refractivity (Wildman–Crippen MR) is 92.2 cm³/mol. The van der Waals surface area contributed by atoms with Crippen LogP contribution in [-0.4, -0.2) is 20.7 Å². The summed E-state index contributed by atoms with van der Waals surface area (Å²) < 4.78 is 0. The topological polar surface area (TPSA) is 87.7 Å². The van der Waals surface area contributed by atoms with Crippen LogP contribution in [0, 0.1) is 0 Å². The molecule has 0 fully saturated rings. The van der Waals surface area contributed by atoms with Gasteiger partial charge in [-0.2, -0.15) is 4.98 Å². The third-order valence-corrected chi connectivity index (χ3v) is 4.30. The molecular weight excluding hydrogens is 328 g/mol. The highest BCUT2D eigenvalue weighted by Crippen LogP contribution is 2.25. The van der Waals surface area contributed by atoms with Gasteiger partial charge in [-0.05, 0) is 36.6 Å². The minimum atomic E-state index is -0.302. The van der Waals surface area contributed by atoms with Crippen molar-refractivity contribution in [3.05, 3.63) is 57.0 Å². The number of H-pyrrole nitrogens is 1. The van der Waals surface area contributed by atoms with Crippen molar-refractivity contribution in [2.24, 2.45) is 0 Å². The van der Waals surface area contributed by atoms with Gasteiger partial charge in [-0.15, -0.1) is 0 Å². The normalized spacial score (nSPS) is 13.8. The van der Waals surface area contributed by atoms with E-state index >= 15 is 0 Å². The summed E-state index contributed by atoms with van der Waals surface area (Å²) in [4.78, 5) is 35.8. The molecule has 120 valence electrons. The first kappa shape index (κ1) is 14.8. The van der Waals surface area contributed by atoms with Gasteiger partial charge in [0, 0.05) is 28.9 Å². The van der Waals surface area contributed by atoms with Crippen molar-refractivity contribution in [2.75, 3.05) is 5.32 Å². The zero-order valence-electron chi connectivity index (χ0n) is 12.6. The Morgan fingerprint density at radius 3 is 2.92 bits per heavy atom. The number of pyridine rings is 1. The fourth-order valence-electron chi connectivity index (χ4n) is 2.99. The molecule has 24 heavy (non-hydrogen) atoms. The lowest BCUT2D eigenvalue weighted by Gasteiger charge is -2.15. The number of aryl methyl sites for hydroxylation is 1. The summed E-state index contributed by atoms with van der Waals surface area (Å²) in [6.07, 6.45) is 3.45. The molecular formula is C17H13ClN4O2. The fraction of sp³-hybridized carbons (Fsp3) is 0.176. The molecule has 1 aliphatic rings. The number of carbonyl (C=O) groups excluding carboxylic acids is 1. The van der Waals surface area contributed by atoms with Crippen LogP contribution in [0.4, 0.5) is 11.6 Å². The van der Waals surface area contributed by atoms with E-state index < -0.39 is 0 Å². The molecule has 1 aliphatic carbocycles. The van der Waals surface area contributed by atoms with E-state index in [9.17, 15) is 9.59 Å². The van der Waals surface area contributed by atoms with Gasteiger partial charge in [0.05, 0.1) is 5.39 Å². The Hall–Kier alpha value is -2.73. The van der Waals surface area contributed by atoms with E-state index in [1.165, 1.54) is 6.20 Å². The van der Waals surface area contributed by atoms with Crippen molar-refractivity contribution < 1.29 is 4.79 Å². The van der Waals surface area contributed by atoms with Crippen molar-refractivity contribution in [1.82, 2.24) is 15.0 Å². The third kappa shape index (κ3) is 2.55. The van der Waals surface area contributed by atoms with Crippen molar-refractivity contribution in [1.29, 1.82) is 0 Å². The Bertz CT molecular complexity index is 1030. The summed E-state index contributed by atoms with van der Waals surface area (Å²) >= 11 is 5.95. The van der Waals surface area contributed by atoms with E-state index in [2.05, 4.69) is 20.3 Å². The zero-order chi connectivity index (χ0) is 16.7. The molecule has 0 aliphatic heterocycles. The molecule has 0 amide bonds. The van der Waals surface area contributed by atoms with Gasteiger partial charge in [-0.1, -0.05) is 17.7 Å². The maximum atomic E-state index is 12.5. The van der Waals surface area contributed by atoms with Crippen LogP contribution in [0.5, 0.6) is 0 Å². The third-order valence-electron chi connectivity index (χ3n) is 4.06. The SMILES string of the molecule is O=C1CCCc2c1cnc1nc(Nc3cccc(Cl)c3)[nH]c(=O)c21. The van der Waals surface area contributed by atoms with E-state index in [1.807, 2.05) is 6.07 Å². The standard InChI is InChI=1S/C17H13ClN4O2/c18-9-3-1-4-10(7-9)20-17-21-15-14(16(24)22-17)11-5-2-6-13(23)12(11)8-19-15/h1,3-4,7-8H,2,5-6H2,(H2,19,20,21,22,24). The second-order valence-electron chi connectivity index (χ2n) is 5.68. The van der Waals surface area contributed by atoms with Crippen LogP contribution in [0.25, 0.3) is 11.0 Å². The van der Waals surface area contributed by atoms with E-state index in [0.717, 1.165) is 12.0 Å². The van der Waals surface area contributed by atoms with Crippen molar-refractivity contribution >= 4 is 40.1 Å². The number of hydrogen-bond donors (Lipinski definition) is 2. The van der Waals surface area contributed by atoms with Gasteiger partial charge in [0.2, 0.25) is 5.95 Å². The lowest BCUT2D eigenvalue weighted by atomic mass is 9.90. The van der Waals surface area contributed by atoms with E-state index in [0.29, 0.717) is 40.1 Å². The summed E-state index contributed by atoms with van der Waals surface area (Å²) in [7, 11) is 0. The molecule has 3 aromatic rings. The molecule has 4 rings (SSSR count). The fourth-order valence-corrected chi connectivity index (χ4v) is 3.18. The number of aromatic nitrogens is 3. The zero-order valence-corrected chi connectivity index (χ0v) is 13.4. The average molecular weight is 341 g/mol. The van der Waals surface area contributed by atoms with Crippen LogP contribution in [0.3, 0.4) is 0 Å². The van der Waals surface area contributed by atoms with Gasteiger partial charge in [0.15, 0.2) is 11.4 Å².